The molecule has 3 amide bonds. The van der Waals surface area contributed by atoms with E-state index in [0.717, 1.165) is 0 Å². The van der Waals surface area contributed by atoms with E-state index in [0.29, 0.717) is 15.6 Å². The molecule has 1 aliphatic heterocycles. The number of likely N-dealkylation sites (tertiary alicyclic amines) is 1. The highest BCUT2D eigenvalue weighted by Crippen LogP contribution is 2.65. The highest BCUT2D eigenvalue weighted by atomic mass is 79.9. The first-order valence-corrected chi connectivity index (χ1v) is 14.0. The smallest absolute Gasteiger partial charge is 0.379 e. The second-order valence-electron chi connectivity index (χ2n) is 11.7. The van der Waals surface area contributed by atoms with Crippen molar-refractivity contribution in [1.82, 2.24) is 25.1 Å². The fraction of sp³-hybridized carbons (Fsp3) is 0.593. The van der Waals surface area contributed by atoms with Crippen LogP contribution in [0, 0.1) is 34.0 Å². The lowest BCUT2D eigenvalue weighted by molar-refractivity contribution is -0.193. The summed E-state index contributed by atoms with van der Waals surface area (Å²) in [5.41, 5.74) is -1.74. The summed E-state index contributed by atoms with van der Waals surface area (Å²) in [7, 11) is 1.29. The van der Waals surface area contributed by atoms with Gasteiger partial charge in [0.2, 0.25) is 17.7 Å². The molecule has 41 heavy (non-hydrogen) atoms. The Morgan fingerprint density at radius 3 is 2.54 bits per heavy atom. The Bertz CT molecular complexity index is 1450. The number of nitriles is 1. The maximum Gasteiger partial charge on any atom is 0.403 e. The fourth-order valence-electron chi connectivity index (χ4n) is 6.19. The highest BCUT2D eigenvalue weighted by molar-refractivity contribution is 9.10. The van der Waals surface area contributed by atoms with Crippen LogP contribution in [0.3, 0.4) is 0 Å². The van der Waals surface area contributed by atoms with Gasteiger partial charge in [-0.1, -0.05) is 13.8 Å². The van der Waals surface area contributed by atoms with Crippen molar-refractivity contribution >= 4 is 39.2 Å². The molecule has 2 aliphatic carbocycles. The minimum absolute atomic E-state index is 0.0343. The average Bonchev–Trinajstić information content (AvgIpc) is 3.68. The molecule has 0 bridgehead atoms. The van der Waals surface area contributed by atoms with E-state index in [9.17, 15) is 32.8 Å². The van der Waals surface area contributed by atoms with E-state index in [2.05, 4.69) is 37.7 Å². The number of nitrogens with one attached hydrogen (secondary N) is 2. The Kier molecular flexibility index (Phi) is 7.13. The first kappa shape index (κ1) is 29.3. The molecule has 2 N–H and O–H groups in total. The Balaban J connectivity index is 1.41. The summed E-state index contributed by atoms with van der Waals surface area (Å²) in [5, 5.41) is 19.3. The minimum atomic E-state index is -4.75. The van der Waals surface area contributed by atoms with Crippen LogP contribution in [-0.2, 0) is 19.1 Å². The molecule has 3 aliphatic rings. The van der Waals surface area contributed by atoms with E-state index in [1.165, 1.54) is 25.1 Å². The highest BCUT2D eigenvalue weighted by Gasteiger charge is 2.71. The third kappa shape index (κ3) is 4.67. The number of carbonyl (C=O) groups excluding carboxylic acids is 3. The predicted molar refractivity (Wildman–Crippen MR) is 142 cm³/mol. The number of ether oxygens (including phenoxy) is 1. The van der Waals surface area contributed by atoms with Crippen LogP contribution in [0.2, 0.25) is 0 Å². The van der Waals surface area contributed by atoms with Crippen LogP contribution in [0.1, 0.15) is 45.2 Å². The van der Waals surface area contributed by atoms with Crippen LogP contribution in [0.4, 0.5) is 13.2 Å². The normalized spacial score (nSPS) is 25.9. The average molecular weight is 639 g/mol. The Morgan fingerprint density at radius 2 is 1.95 bits per heavy atom. The van der Waals surface area contributed by atoms with Crippen molar-refractivity contribution in [3.8, 4) is 6.07 Å². The molecule has 6 atom stereocenters. The SMILES string of the molecule is CO[C@H](C)[C@H](NC(=O)C1(C(F)(F)F)CC1)C(=O)N1C[C@H]2[C@@H]([C@H]1C(=O)NC(C#N)c1cnn3cccc(Br)c13)C2(C)C. The Morgan fingerprint density at radius 1 is 1.27 bits per heavy atom. The number of amides is 3. The van der Waals surface area contributed by atoms with Gasteiger partial charge in [0.1, 0.15) is 23.5 Å². The van der Waals surface area contributed by atoms with E-state index >= 15 is 0 Å². The first-order valence-electron chi connectivity index (χ1n) is 13.2. The number of piperidine rings is 1. The molecule has 3 fully saturated rings. The molecule has 3 heterocycles. The number of hydrogen-bond donors (Lipinski definition) is 2. The van der Waals surface area contributed by atoms with Gasteiger partial charge in [-0.15, -0.1) is 0 Å². The molecule has 2 saturated carbocycles. The topological polar surface area (TPSA) is 129 Å². The van der Waals surface area contributed by atoms with E-state index in [4.69, 9.17) is 4.74 Å². The summed E-state index contributed by atoms with van der Waals surface area (Å²) in [5.74, 6) is -2.82. The molecule has 1 saturated heterocycles. The molecule has 0 radical (unpaired) electrons. The van der Waals surface area contributed by atoms with E-state index in [1.807, 2.05) is 13.8 Å². The molecule has 2 aromatic rings. The lowest BCUT2D eigenvalue weighted by Crippen LogP contribution is -2.60. The maximum atomic E-state index is 13.9. The number of alkyl halides is 3. The third-order valence-electron chi connectivity index (χ3n) is 9.13. The predicted octanol–water partition coefficient (Wildman–Crippen LogP) is 3.12. The Hall–Kier alpha value is -3.18. The van der Waals surface area contributed by atoms with Gasteiger partial charge < -0.3 is 20.3 Å². The number of nitrogens with zero attached hydrogens (tertiary/aromatic N) is 4. The van der Waals surface area contributed by atoms with Gasteiger partial charge in [-0.05, 0) is 65.1 Å². The number of pyridine rings is 1. The summed E-state index contributed by atoms with van der Waals surface area (Å²) in [6.45, 7) is 5.61. The number of aromatic nitrogens is 2. The summed E-state index contributed by atoms with van der Waals surface area (Å²) < 4.78 is 48.3. The third-order valence-corrected chi connectivity index (χ3v) is 9.77. The van der Waals surface area contributed by atoms with Crippen LogP contribution in [0.15, 0.2) is 29.0 Å². The van der Waals surface area contributed by atoms with Gasteiger partial charge in [0.25, 0.3) is 0 Å². The molecule has 14 heteroatoms. The molecule has 220 valence electrons. The number of hydrogen-bond acceptors (Lipinski definition) is 6. The Labute approximate surface area is 242 Å². The van der Waals surface area contributed by atoms with Gasteiger partial charge in [-0.3, -0.25) is 14.4 Å². The van der Waals surface area contributed by atoms with Crippen LogP contribution in [0.25, 0.3) is 5.52 Å². The van der Waals surface area contributed by atoms with E-state index in [1.54, 1.807) is 22.8 Å². The van der Waals surface area contributed by atoms with Crippen molar-refractivity contribution < 1.29 is 32.3 Å². The summed E-state index contributed by atoms with van der Waals surface area (Å²) in [4.78, 5) is 41.7. The number of fused-ring (bicyclic) bond motifs is 2. The van der Waals surface area contributed by atoms with Gasteiger partial charge in [-0.2, -0.15) is 23.5 Å². The van der Waals surface area contributed by atoms with Gasteiger partial charge in [0.05, 0.1) is 23.9 Å². The van der Waals surface area contributed by atoms with Crippen molar-refractivity contribution in [2.45, 2.75) is 64.0 Å². The number of halogens is 4. The second-order valence-corrected chi connectivity index (χ2v) is 12.5. The number of methoxy groups -OCH3 is 1. The van der Waals surface area contributed by atoms with Crippen molar-refractivity contribution in [3.05, 3.63) is 34.6 Å². The van der Waals surface area contributed by atoms with Crippen molar-refractivity contribution in [2.75, 3.05) is 13.7 Å². The zero-order valence-electron chi connectivity index (χ0n) is 22.8. The molecular weight excluding hydrogens is 609 g/mol. The lowest BCUT2D eigenvalue weighted by Gasteiger charge is -2.35. The van der Waals surface area contributed by atoms with Crippen molar-refractivity contribution in [3.63, 3.8) is 0 Å². The zero-order valence-corrected chi connectivity index (χ0v) is 24.4. The van der Waals surface area contributed by atoms with E-state index in [-0.39, 0.29) is 36.6 Å². The minimum Gasteiger partial charge on any atom is -0.379 e. The quantitative estimate of drug-likeness (QED) is 0.457. The second kappa shape index (κ2) is 9.97. The summed E-state index contributed by atoms with van der Waals surface area (Å²) >= 11 is 3.45. The van der Waals surface area contributed by atoms with Crippen molar-refractivity contribution in [2.24, 2.45) is 22.7 Å². The molecular formula is C27H30BrF3N6O4. The lowest BCUT2D eigenvalue weighted by atomic mass is 9.98. The first-order chi connectivity index (χ1) is 19.2. The molecule has 1 unspecified atom stereocenters. The van der Waals surface area contributed by atoms with Gasteiger partial charge in [0, 0.05) is 29.9 Å². The number of rotatable bonds is 8. The van der Waals surface area contributed by atoms with Crippen LogP contribution in [-0.4, -0.2) is 70.3 Å². The molecule has 5 rings (SSSR count). The summed E-state index contributed by atoms with van der Waals surface area (Å²) in [6.07, 6.45) is -3.24. The molecule has 0 spiro atoms. The van der Waals surface area contributed by atoms with Crippen LogP contribution >= 0.6 is 15.9 Å². The molecule has 2 aromatic heterocycles. The fourth-order valence-corrected chi connectivity index (χ4v) is 6.76. The van der Waals surface area contributed by atoms with Crippen molar-refractivity contribution in [1.29, 1.82) is 5.26 Å². The van der Waals surface area contributed by atoms with Gasteiger partial charge in [-0.25, -0.2) is 4.52 Å². The molecule has 10 nitrogen and oxygen atoms in total. The van der Waals surface area contributed by atoms with E-state index < -0.39 is 53.5 Å². The largest absolute Gasteiger partial charge is 0.403 e. The monoisotopic (exact) mass is 638 g/mol. The van der Waals surface area contributed by atoms with Crippen LogP contribution < -0.4 is 10.6 Å². The summed E-state index contributed by atoms with van der Waals surface area (Å²) in [6, 6.07) is 2.11. The van der Waals surface area contributed by atoms with Crippen LogP contribution in [0.5, 0.6) is 0 Å². The zero-order chi connectivity index (χ0) is 30.1. The standard InChI is InChI=1S/C27H30BrF3N6O4/c1-13(41-4)19(35-24(40)26(7-8-26)27(29,30)31)23(39)36-12-15-18(25(15,2)3)21(36)22(38)34-17(10-32)14-11-33-37-9-5-6-16(28)20(14)37/h5-6,9,11,13,15,17-19,21H,7-8,12H2,1-4H3,(H,34,38)(H,35,40)/t13-,15+,17?,18+,19+,21+/m1/s1. The van der Waals surface area contributed by atoms with Gasteiger partial charge >= 0.3 is 6.18 Å². The number of carbonyl (C=O) groups is 3. The van der Waals surface area contributed by atoms with Gasteiger partial charge in [0.15, 0.2) is 0 Å². The molecule has 0 aromatic carbocycles. The maximum absolute atomic E-state index is 13.9.